The largest absolute Gasteiger partial charge is 0.489 e. The second kappa shape index (κ2) is 9.73. The van der Waals surface area contributed by atoms with E-state index in [0.29, 0.717) is 22.3 Å². The number of halogens is 2. The Kier molecular flexibility index (Phi) is 6.80. The topological polar surface area (TPSA) is 46.6 Å². The molecular formula is C24H17BrClNO3S. The highest BCUT2D eigenvalue weighted by atomic mass is 79.9. The summed E-state index contributed by atoms with van der Waals surface area (Å²) in [7, 11) is 0. The first-order valence-corrected chi connectivity index (χ1v) is 11.4. The van der Waals surface area contributed by atoms with Gasteiger partial charge in [0, 0.05) is 15.1 Å². The zero-order chi connectivity index (χ0) is 21.8. The van der Waals surface area contributed by atoms with Gasteiger partial charge in [-0.05, 0) is 53.2 Å². The molecule has 3 aromatic rings. The van der Waals surface area contributed by atoms with Crippen molar-refractivity contribution in [2.45, 2.75) is 13.2 Å². The van der Waals surface area contributed by atoms with Crippen LogP contribution in [-0.4, -0.2) is 16.0 Å². The molecule has 156 valence electrons. The first kappa shape index (κ1) is 21.7. The number of carbonyl (C=O) groups excluding carboxylic acids is 2. The van der Waals surface area contributed by atoms with Gasteiger partial charge in [0.15, 0.2) is 0 Å². The Balaban J connectivity index is 1.48. The molecule has 1 heterocycles. The van der Waals surface area contributed by atoms with Crippen LogP contribution in [0.2, 0.25) is 5.02 Å². The summed E-state index contributed by atoms with van der Waals surface area (Å²) in [6.07, 6.45) is 1.72. The summed E-state index contributed by atoms with van der Waals surface area (Å²) in [4.78, 5) is 26.9. The molecule has 31 heavy (non-hydrogen) atoms. The Morgan fingerprint density at radius 2 is 1.71 bits per heavy atom. The van der Waals surface area contributed by atoms with E-state index in [9.17, 15) is 9.59 Å². The van der Waals surface area contributed by atoms with Crippen LogP contribution in [0.1, 0.15) is 16.7 Å². The highest BCUT2D eigenvalue weighted by Gasteiger charge is 2.35. The monoisotopic (exact) mass is 513 g/mol. The van der Waals surface area contributed by atoms with E-state index in [4.69, 9.17) is 16.3 Å². The van der Waals surface area contributed by atoms with E-state index in [2.05, 4.69) is 15.9 Å². The van der Waals surface area contributed by atoms with E-state index >= 15 is 0 Å². The highest BCUT2D eigenvalue weighted by Crippen LogP contribution is 2.34. The minimum absolute atomic E-state index is 0.227. The molecule has 1 aliphatic heterocycles. The van der Waals surface area contributed by atoms with Crippen LogP contribution >= 0.6 is 39.3 Å². The number of hydrogen-bond donors (Lipinski definition) is 0. The van der Waals surface area contributed by atoms with Gasteiger partial charge in [-0.1, -0.05) is 76.1 Å². The number of hydrogen-bond acceptors (Lipinski definition) is 4. The Morgan fingerprint density at radius 1 is 0.968 bits per heavy atom. The second-order valence-electron chi connectivity index (χ2n) is 6.81. The molecule has 3 aromatic carbocycles. The Hall–Kier alpha value is -2.54. The van der Waals surface area contributed by atoms with Crippen molar-refractivity contribution in [1.29, 1.82) is 0 Å². The number of ether oxygens (including phenoxy) is 1. The fourth-order valence-corrected chi connectivity index (χ4v) is 4.49. The maximum atomic E-state index is 12.8. The van der Waals surface area contributed by atoms with E-state index in [1.165, 1.54) is 4.90 Å². The molecule has 7 heteroatoms. The lowest BCUT2D eigenvalue weighted by atomic mass is 10.2. The van der Waals surface area contributed by atoms with Gasteiger partial charge < -0.3 is 4.74 Å². The maximum absolute atomic E-state index is 12.8. The first-order chi connectivity index (χ1) is 15.0. The van der Waals surface area contributed by atoms with Gasteiger partial charge in [0.25, 0.3) is 11.1 Å². The summed E-state index contributed by atoms with van der Waals surface area (Å²) in [5, 5.41) is 0.371. The Labute approximate surface area is 198 Å². The number of thioether (sulfide) groups is 1. The second-order valence-corrected chi connectivity index (χ2v) is 9.07. The number of carbonyl (C=O) groups is 2. The van der Waals surface area contributed by atoms with E-state index in [0.717, 1.165) is 32.9 Å². The number of benzene rings is 3. The standard InChI is InChI=1S/C24H17BrClNO3S/c25-20-10-3-1-7-17(20)14-27-23(28)22(31-24(27)29)13-16-6-5-9-19(12-16)30-15-18-8-2-4-11-21(18)26/h1-13H,14-15H2/b22-13+. The molecule has 0 aliphatic carbocycles. The van der Waals surface area contributed by atoms with Crippen molar-refractivity contribution < 1.29 is 14.3 Å². The van der Waals surface area contributed by atoms with Crippen LogP contribution in [-0.2, 0) is 17.9 Å². The fraction of sp³-hybridized carbons (Fsp3) is 0.0833. The van der Waals surface area contributed by atoms with Crippen molar-refractivity contribution in [1.82, 2.24) is 4.90 Å². The van der Waals surface area contributed by atoms with Gasteiger partial charge in [0.2, 0.25) is 0 Å². The van der Waals surface area contributed by atoms with Crippen molar-refractivity contribution in [2.75, 3.05) is 0 Å². The summed E-state index contributed by atoms with van der Waals surface area (Å²) in [6, 6.07) is 22.4. The summed E-state index contributed by atoms with van der Waals surface area (Å²) in [5.74, 6) is 0.356. The number of nitrogens with zero attached hydrogens (tertiary/aromatic N) is 1. The number of imide groups is 1. The van der Waals surface area contributed by atoms with Crippen LogP contribution in [0.4, 0.5) is 4.79 Å². The van der Waals surface area contributed by atoms with Gasteiger partial charge in [0.1, 0.15) is 12.4 Å². The van der Waals surface area contributed by atoms with Crippen LogP contribution < -0.4 is 4.74 Å². The average Bonchev–Trinajstić information content (AvgIpc) is 3.02. The van der Waals surface area contributed by atoms with Gasteiger partial charge in [0.05, 0.1) is 11.4 Å². The SMILES string of the molecule is O=C1S/C(=C/c2cccc(OCc3ccccc3Cl)c2)C(=O)N1Cc1ccccc1Br. The van der Waals surface area contributed by atoms with Crippen molar-refractivity contribution in [3.63, 3.8) is 0 Å². The minimum atomic E-state index is -0.298. The van der Waals surface area contributed by atoms with Crippen LogP contribution in [0.25, 0.3) is 6.08 Å². The van der Waals surface area contributed by atoms with E-state index < -0.39 is 0 Å². The molecule has 0 aromatic heterocycles. The lowest BCUT2D eigenvalue weighted by Crippen LogP contribution is -2.27. The van der Waals surface area contributed by atoms with Crippen molar-refractivity contribution in [2.24, 2.45) is 0 Å². The highest BCUT2D eigenvalue weighted by molar-refractivity contribution is 9.10. The van der Waals surface area contributed by atoms with Gasteiger partial charge in [-0.25, -0.2) is 0 Å². The summed E-state index contributed by atoms with van der Waals surface area (Å²) in [6.45, 7) is 0.565. The third-order valence-corrected chi connectivity index (χ3v) is 6.72. The summed E-state index contributed by atoms with van der Waals surface area (Å²) in [5.41, 5.74) is 2.55. The van der Waals surface area contributed by atoms with Crippen molar-refractivity contribution in [3.05, 3.63) is 104 Å². The lowest BCUT2D eigenvalue weighted by molar-refractivity contribution is -0.123. The average molecular weight is 515 g/mol. The van der Waals surface area contributed by atoms with Gasteiger partial charge in [-0.15, -0.1) is 0 Å². The van der Waals surface area contributed by atoms with E-state index in [-0.39, 0.29) is 17.7 Å². The van der Waals surface area contributed by atoms with Crippen LogP contribution in [0.5, 0.6) is 5.75 Å². The summed E-state index contributed by atoms with van der Waals surface area (Å²) >= 11 is 10.6. The number of rotatable bonds is 6. The molecule has 0 saturated carbocycles. The third kappa shape index (κ3) is 5.21. The quantitative estimate of drug-likeness (QED) is 0.335. The van der Waals surface area contributed by atoms with Gasteiger partial charge in [-0.3, -0.25) is 14.5 Å². The molecule has 0 bridgehead atoms. The van der Waals surface area contributed by atoms with E-state index in [1.807, 2.05) is 72.8 Å². The maximum Gasteiger partial charge on any atom is 0.293 e. The Bertz CT molecular complexity index is 1180. The molecule has 0 spiro atoms. The Morgan fingerprint density at radius 3 is 2.48 bits per heavy atom. The predicted molar refractivity (Wildman–Crippen MR) is 128 cm³/mol. The molecule has 4 nitrogen and oxygen atoms in total. The molecule has 1 saturated heterocycles. The zero-order valence-corrected chi connectivity index (χ0v) is 19.4. The van der Waals surface area contributed by atoms with Crippen LogP contribution in [0.3, 0.4) is 0 Å². The molecule has 2 amide bonds. The summed E-state index contributed by atoms with van der Waals surface area (Å²) < 4.78 is 6.71. The lowest BCUT2D eigenvalue weighted by Gasteiger charge is -2.13. The third-order valence-electron chi connectivity index (χ3n) is 4.67. The molecule has 0 unspecified atom stereocenters. The molecular weight excluding hydrogens is 498 g/mol. The smallest absolute Gasteiger partial charge is 0.293 e. The molecule has 0 atom stereocenters. The van der Waals surface area contributed by atoms with E-state index in [1.54, 1.807) is 6.08 Å². The molecule has 4 rings (SSSR count). The van der Waals surface area contributed by atoms with Crippen molar-refractivity contribution >= 4 is 56.5 Å². The zero-order valence-electron chi connectivity index (χ0n) is 16.3. The fourth-order valence-electron chi connectivity index (χ4n) is 3.06. The van der Waals surface area contributed by atoms with Crippen molar-refractivity contribution in [3.8, 4) is 5.75 Å². The molecule has 0 radical (unpaired) electrons. The van der Waals surface area contributed by atoms with Crippen LogP contribution in [0, 0.1) is 0 Å². The predicted octanol–water partition coefficient (Wildman–Crippen LogP) is 6.92. The molecule has 1 aliphatic rings. The van der Waals surface area contributed by atoms with Gasteiger partial charge in [-0.2, -0.15) is 0 Å². The first-order valence-electron chi connectivity index (χ1n) is 9.46. The number of amides is 2. The van der Waals surface area contributed by atoms with Gasteiger partial charge >= 0.3 is 0 Å². The van der Waals surface area contributed by atoms with Crippen LogP contribution in [0.15, 0.2) is 82.2 Å². The minimum Gasteiger partial charge on any atom is -0.489 e. The molecule has 0 N–H and O–H groups in total. The normalized spacial score (nSPS) is 15.0. The molecule has 1 fully saturated rings.